The molecular formula is C26H21F2N5O4. The van der Waals surface area contributed by atoms with Crippen molar-refractivity contribution in [3.05, 3.63) is 111 Å². The molecule has 0 fully saturated rings. The van der Waals surface area contributed by atoms with E-state index in [0.717, 1.165) is 32.5 Å². The van der Waals surface area contributed by atoms with Gasteiger partial charge in [-0.15, -0.1) is 0 Å². The van der Waals surface area contributed by atoms with Gasteiger partial charge in [-0.05, 0) is 41.5 Å². The molecule has 0 saturated carbocycles. The van der Waals surface area contributed by atoms with E-state index < -0.39 is 35.3 Å². The second-order valence-electron chi connectivity index (χ2n) is 8.61. The highest BCUT2D eigenvalue weighted by atomic mass is 19.2. The highest BCUT2D eigenvalue weighted by Crippen LogP contribution is 2.26. The van der Waals surface area contributed by atoms with Gasteiger partial charge in [0.25, 0.3) is 5.56 Å². The molecule has 0 atom stereocenters. The summed E-state index contributed by atoms with van der Waals surface area (Å²) in [5.74, 6) is -2.66. The number of rotatable bonds is 4. The van der Waals surface area contributed by atoms with Gasteiger partial charge in [-0.1, -0.05) is 24.3 Å². The molecule has 3 amide bonds. The number of nitrogens with one attached hydrogen (secondary N) is 1. The summed E-state index contributed by atoms with van der Waals surface area (Å²) in [5, 5.41) is 2.84. The Bertz CT molecular complexity index is 1620. The predicted octanol–water partition coefficient (Wildman–Crippen LogP) is 2.78. The molecule has 0 bridgehead atoms. The Morgan fingerprint density at radius 2 is 1.84 bits per heavy atom. The molecule has 0 aliphatic carbocycles. The third-order valence-electron chi connectivity index (χ3n) is 6.28. The van der Waals surface area contributed by atoms with Crippen molar-refractivity contribution in [1.82, 2.24) is 18.9 Å². The number of amides is 3. The largest absolute Gasteiger partial charge is 0.331 e. The lowest BCUT2D eigenvalue weighted by Gasteiger charge is -2.32. The maximum absolute atomic E-state index is 13.7. The fourth-order valence-corrected chi connectivity index (χ4v) is 4.22. The van der Waals surface area contributed by atoms with E-state index in [1.54, 1.807) is 17.1 Å². The molecule has 37 heavy (non-hydrogen) atoms. The quantitative estimate of drug-likeness (QED) is 0.590. The summed E-state index contributed by atoms with van der Waals surface area (Å²) in [6, 6.07) is 10.2. The minimum absolute atomic E-state index is 0.0541. The Kier molecular flexibility index (Phi) is 6.04. The van der Waals surface area contributed by atoms with E-state index in [0.29, 0.717) is 12.2 Å². The van der Waals surface area contributed by atoms with E-state index in [2.05, 4.69) is 5.32 Å². The third kappa shape index (κ3) is 4.46. The second kappa shape index (κ2) is 9.34. The highest BCUT2D eigenvalue weighted by molar-refractivity contribution is 5.93. The van der Waals surface area contributed by atoms with Crippen molar-refractivity contribution in [3.63, 3.8) is 0 Å². The normalized spacial score (nSPS) is 14.8. The number of hydrogen-bond acceptors (Lipinski definition) is 4. The number of urea groups is 1. The lowest BCUT2D eigenvalue weighted by molar-refractivity contribution is -0.129. The van der Waals surface area contributed by atoms with Crippen LogP contribution in [0.2, 0.25) is 0 Å². The first-order chi connectivity index (χ1) is 17.7. The summed E-state index contributed by atoms with van der Waals surface area (Å²) in [6.07, 6.45) is 6.04. The van der Waals surface area contributed by atoms with Crippen molar-refractivity contribution in [2.24, 2.45) is 7.05 Å². The van der Waals surface area contributed by atoms with Gasteiger partial charge in [0, 0.05) is 37.4 Å². The number of hydrogen-bond donors (Lipinski definition) is 1. The van der Waals surface area contributed by atoms with Gasteiger partial charge in [-0.2, -0.15) is 0 Å². The minimum atomic E-state index is -1.14. The SMILES string of the molecule is Cn1c(=O)c(-c2ccc(F)c(F)c2)cn(CC(=O)N2C=CC(N3Cc4ccccc4NC3=O)=CC2)c1=O. The molecule has 3 heterocycles. The predicted molar refractivity (Wildman–Crippen MR) is 131 cm³/mol. The fourth-order valence-electron chi connectivity index (χ4n) is 4.22. The van der Waals surface area contributed by atoms with Crippen molar-refractivity contribution in [2.75, 3.05) is 11.9 Å². The summed E-state index contributed by atoms with van der Waals surface area (Å²) in [7, 11) is 1.24. The molecule has 188 valence electrons. The number of fused-ring (bicyclic) bond motifs is 1. The molecule has 3 aromatic rings. The summed E-state index contributed by atoms with van der Waals surface area (Å²) in [4.78, 5) is 53.7. The van der Waals surface area contributed by atoms with E-state index >= 15 is 0 Å². The number of nitrogens with zero attached hydrogens (tertiary/aromatic N) is 4. The zero-order valence-corrected chi connectivity index (χ0v) is 19.6. The molecule has 0 saturated heterocycles. The Morgan fingerprint density at radius 3 is 2.57 bits per heavy atom. The summed E-state index contributed by atoms with van der Waals surface area (Å²) in [5.41, 5.74) is 0.925. The lowest BCUT2D eigenvalue weighted by Crippen LogP contribution is -2.42. The van der Waals surface area contributed by atoms with Crippen LogP contribution >= 0.6 is 0 Å². The van der Waals surface area contributed by atoms with Crippen molar-refractivity contribution < 1.29 is 18.4 Å². The molecule has 11 heteroatoms. The number of allylic oxidation sites excluding steroid dienone is 1. The average molecular weight is 505 g/mol. The van der Waals surface area contributed by atoms with Crippen LogP contribution in [0.4, 0.5) is 19.3 Å². The van der Waals surface area contributed by atoms with Gasteiger partial charge in [-0.3, -0.25) is 23.6 Å². The minimum Gasteiger partial charge on any atom is -0.314 e. The van der Waals surface area contributed by atoms with Gasteiger partial charge in [0.05, 0.1) is 12.1 Å². The van der Waals surface area contributed by atoms with Crippen LogP contribution in [0.15, 0.2) is 82.3 Å². The molecule has 2 aromatic carbocycles. The van der Waals surface area contributed by atoms with E-state index in [4.69, 9.17) is 0 Å². The summed E-state index contributed by atoms with van der Waals surface area (Å²) < 4.78 is 28.9. The lowest BCUT2D eigenvalue weighted by atomic mass is 10.1. The molecule has 5 rings (SSSR count). The second-order valence-corrected chi connectivity index (χ2v) is 8.61. The highest BCUT2D eigenvalue weighted by Gasteiger charge is 2.26. The first-order valence-electron chi connectivity index (χ1n) is 11.3. The van der Waals surface area contributed by atoms with E-state index in [1.807, 2.05) is 24.3 Å². The van der Waals surface area contributed by atoms with Crippen LogP contribution in [-0.2, 0) is 24.9 Å². The number of halogens is 2. The standard InChI is InChI=1S/C26H21F2N5O4/c1-30-24(35)19(16-6-7-20(27)21(28)12-16)14-32(26(30)37)15-23(34)31-10-8-18(9-11-31)33-13-17-4-2-3-5-22(17)29-25(33)36/h2-10,12,14H,11,13,15H2,1H3,(H,29,36). The Hall–Kier alpha value is -4.80. The summed E-state index contributed by atoms with van der Waals surface area (Å²) >= 11 is 0. The number of para-hydroxylation sites is 1. The van der Waals surface area contributed by atoms with Gasteiger partial charge in [0.2, 0.25) is 5.91 Å². The number of anilines is 1. The van der Waals surface area contributed by atoms with Gasteiger partial charge in [0.15, 0.2) is 11.6 Å². The zero-order valence-electron chi connectivity index (χ0n) is 19.6. The van der Waals surface area contributed by atoms with Gasteiger partial charge < -0.3 is 10.2 Å². The van der Waals surface area contributed by atoms with Crippen LogP contribution in [0.5, 0.6) is 0 Å². The van der Waals surface area contributed by atoms with Gasteiger partial charge in [-0.25, -0.2) is 18.4 Å². The van der Waals surface area contributed by atoms with Gasteiger partial charge >= 0.3 is 11.7 Å². The van der Waals surface area contributed by atoms with E-state index in [-0.39, 0.29) is 23.7 Å². The van der Waals surface area contributed by atoms with Crippen LogP contribution < -0.4 is 16.6 Å². The number of aromatic nitrogens is 2. The molecule has 0 radical (unpaired) electrons. The van der Waals surface area contributed by atoms with E-state index in [9.17, 15) is 28.0 Å². The maximum Gasteiger partial charge on any atom is 0.331 e. The first kappa shape index (κ1) is 23.9. The molecule has 0 spiro atoms. The average Bonchev–Trinajstić information content (AvgIpc) is 2.90. The maximum atomic E-state index is 13.7. The van der Waals surface area contributed by atoms with Crippen LogP contribution in [0, 0.1) is 11.6 Å². The summed E-state index contributed by atoms with van der Waals surface area (Å²) in [6.45, 7) is 0.147. The number of benzene rings is 2. The van der Waals surface area contributed by atoms with Crippen molar-refractivity contribution in [1.29, 1.82) is 0 Å². The van der Waals surface area contributed by atoms with Crippen molar-refractivity contribution >= 4 is 17.6 Å². The first-order valence-corrected chi connectivity index (χ1v) is 11.3. The Morgan fingerprint density at radius 1 is 1.05 bits per heavy atom. The van der Waals surface area contributed by atoms with Crippen LogP contribution in [0.3, 0.4) is 0 Å². The molecule has 9 nitrogen and oxygen atoms in total. The molecule has 2 aliphatic heterocycles. The smallest absolute Gasteiger partial charge is 0.314 e. The molecular weight excluding hydrogens is 484 g/mol. The van der Waals surface area contributed by atoms with Crippen molar-refractivity contribution in [3.8, 4) is 11.1 Å². The van der Waals surface area contributed by atoms with Crippen LogP contribution in [0.1, 0.15) is 5.56 Å². The van der Waals surface area contributed by atoms with Gasteiger partial charge in [0.1, 0.15) is 6.54 Å². The molecule has 0 unspecified atom stereocenters. The van der Waals surface area contributed by atoms with Crippen LogP contribution in [-0.4, -0.2) is 37.4 Å². The Labute approximate surface area is 209 Å². The monoisotopic (exact) mass is 505 g/mol. The van der Waals surface area contributed by atoms with Crippen molar-refractivity contribution in [2.45, 2.75) is 13.1 Å². The number of carbonyl (C=O) groups excluding carboxylic acids is 2. The molecule has 2 aliphatic rings. The van der Waals surface area contributed by atoms with Crippen LogP contribution in [0.25, 0.3) is 11.1 Å². The Balaban J connectivity index is 1.34. The molecule has 1 aromatic heterocycles. The van der Waals surface area contributed by atoms with E-state index in [1.165, 1.54) is 30.4 Å². The molecule has 1 N–H and O–H groups in total. The topological polar surface area (TPSA) is 96.7 Å². The zero-order chi connectivity index (χ0) is 26.3. The number of carbonyl (C=O) groups is 2. The fraction of sp³-hybridized carbons (Fsp3) is 0.154. The third-order valence-corrected chi connectivity index (χ3v) is 6.28.